The van der Waals surface area contributed by atoms with E-state index in [4.69, 9.17) is 4.74 Å². The molecule has 3 rings (SSSR count). The summed E-state index contributed by atoms with van der Waals surface area (Å²) in [5, 5.41) is 0. The third kappa shape index (κ3) is 2.79. The second kappa shape index (κ2) is 5.79. The van der Waals surface area contributed by atoms with E-state index < -0.39 is 0 Å². The third-order valence-electron chi connectivity index (χ3n) is 3.17. The molecule has 3 aromatic rings. The van der Waals surface area contributed by atoms with Crippen molar-refractivity contribution in [1.29, 1.82) is 0 Å². The number of pyridine rings is 1. The summed E-state index contributed by atoms with van der Waals surface area (Å²) in [6.07, 6.45) is 7.20. The highest BCUT2D eigenvalue weighted by Gasteiger charge is 2.12. The van der Waals surface area contributed by atoms with E-state index >= 15 is 0 Å². The summed E-state index contributed by atoms with van der Waals surface area (Å²) in [4.78, 5) is 8.51. The second-order valence-corrected chi connectivity index (χ2v) is 5.07. The molecule has 0 N–H and O–H groups in total. The van der Waals surface area contributed by atoms with Crippen molar-refractivity contribution in [1.82, 2.24) is 14.5 Å². The maximum atomic E-state index is 5.96. The van der Waals surface area contributed by atoms with E-state index in [1.807, 2.05) is 48.8 Å². The Morgan fingerprint density at radius 2 is 1.90 bits per heavy atom. The van der Waals surface area contributed by atoms with Crippen LogP contribution < -0.4 is 4.74 Å². The Labute approximate surface area is 124 Å². The van der Waals surface area contributed by atoms with Crippen LogP contribution in [0, 0.1) is 0 Å². The molecular weight excluding hydrogens is 262 g/mol. The minimum absolute atomic E-state index is 0.339. The highest BCUT2D eigenvalue weighted by atomic mass is 16.5. The summed E-state index contributed by atoms with van der Waals surface area (Å²) in [5.74, 6) is 2.85. The van der Waals surface area contributed by atoms with Crippen LogP contribution in [0.5, 0.6) is 11.5 Å². The van der Waals surface area contributed by atoms with Gasteiger partial charge in [0.15, 0.2) is 5.75 Å². The zero-order valence-electron chi connectivity index (χ0n) is 12.1. The average molecular weight is 279 g/mol. The Morgan fingerprint density at radius 3 is 2.67 bits per heavy atom. The van der Waals surface area contributed by atoms with E-state index in [-0.39, 0.29) is 0 Å². The number of ether oxygens (including phenoxy) is 1. The first-order valence-corrected chi connectivity index (χ1v) is 6.96. The smallest absolute Gasteiger partial charge is 0.151 e. The SMILES string of the molecule is CC(C)c1nccn1-c1ccccc1Oc1cccnc1. The Hall–Kier alpha value is -2.62. The van der Waals surface area contributed by atoms with Crippen LogP contribution in [-0.4, -0.2) is 14.5 Å². The predicted molar refractivity (Wildman–Crippen MR) is 82.0 cm³/mol. The number of nitrogens with zero attached hydrogens (tertiary/aromatic N) is 3. The highest BCUT2D eigenvalue weighted by Crippen LogP contribution is 2.29. The lowest BCUT2D eigenvalue weighted by Crippen LogP contribution is -2.03. The van der Waals surface area contributed by atoms with Gasteiger partial charge in [0.25, 0.3) is 0 Å². The van der Waals surface area contributed by atoms with Gasteiger partial charge in [0.05, 0.1) is 11.9 Å². The van der Waals surface area contributed by atoms with Crippen LogP contribution in [0.15, 0.2) is 61.2 Å². The lowest BCUT2D eigenvalue weighted by molar-refractivity contribution is 0.476. The molecule has 0 aliphatic heterocycles. The van der Waals surface area contributed by atoms with Gasteiger partial charge in [-0.3, -0.25) is 9.55 Å². The Morgan fingerprint density at radius 1 is 1.05 bits per heavy atom. The van der Waals surface area contributed by atoms with Crippen LogP contribution in [0.4, 0.5) is 0 Å². The van der Waals surface area contributed by atoms with Crippen LogP contribution in [0.3, 0.4) is 0 Å². The molecule has 0 atom stereocenters. The molecule has 1 aromatic carbocycles. The fourth-order valence-electron chi connectivity index (χ4n) is 2.22. The zero-order valence-corrected chi connectivity index (χ0v) is 12.1. The van der Waals surface area contributed by atoms with Gasteiger partial charge in [0.2, 0.25) is 0 Å². The van der Waals surface area contributed by atoms with Gasteiger partial charge in [-0.25, -0.2) is 4.98 Å². The quantitative estimate of drug-likeness (QED) is 0.719. The number of hydrogen-bond donors (Lipinski definition) is 0. The maximum absolute atomic E-state index is 5.96. The lowest BCUT2D eigenvalue weighted by atomic mass is 10.2. The minimum atomic E-state index is 0.339. The molecule has 106 valence electrons. The van der Waals surface area contributed by atoms with Gasteiger partial charge < -0.3 is 4.74 Å². The van der Waals surface area contributed by atoms with Gasteiger partial charge in [-0.1, -0.05) is 26.0 Å². The number of benzene rings is 1. The van der Waals surface area contributed by atoms with E-state index in [0.29, 0.717) is 5.92 Å². The summed E-state index contributed by atoms with van der Waals surface area (Å²) < 4.78 is 8.02. The molecule has 4 heteroatoms. The standard InChI is InChI=1S/C17H17N3O/c1-13(2)17-19-10-11-20(17)15-7-3-4-8-16(15)21-14-6-5-9-18-12-14/h3-13H,1-2H3. The van der Waals surface area contributed by atoms with Crippen molar-refractivity contribution in [3.63, 3.8) is 0 Å². The van der Waals surface area contributed by atoms with Crippen molar-refractivity contribution in [3.8, 4) is 17.2 Å². The van der Waals surface area contributed by atoms with Crippen LogP contribution in [0.1, 0.15) is 25.6 Å². The molecule has 21 heavy (non-hydrogen) atoms. The molecule has 0 fully saturated rings. The maximum Gasteiger partial charge on any atom is 0.151 e. The van der Waals surface area contributed by atoms with Crippen molar-refractivity contribution in [2.45, 2.75) is 19.8 Å². The van der Waals surface area contributed by atoms with Crippen molar-refractivity contribution >= 4 is 0 Å². The van der Waals surface area contributed by atoms with Crippen LogP contribution in [0.25, 0.3) is 5.69 Å². The fourth-order valence-corrected chi connectivity index (χ4v) is 2.22. The number of rotatable bonds is 4. The largest absolute Gasteiger partial charge is 0.454 e. The number of aromatic nitrogens is 3. The molecule has 0 spiro atoms. The van der Waals surface area contributed by atoms with Crippen molar-refractivity contribution in [2.75, 3.05) is 0 Å². The minimum Gasteiger partial charge on any atom is -0.454 e. The summed E-state index contributed by atoms with van der Waals surface area (Å²) in [6.45, 7) is 4.26. The van der Waals surface area contributed by atoms with Crippen molar-refractivity contribution in [3.05, 3.63) is 67.0 Å². The first-order valence-electron chi connectivity index (χ1n) is 6.96. The van der Waals surface area contributed by atoms with E-state index in [2.05, 4.69) is 28.4 Å². The van der Waals surface area contributed by atoms with Crippen molar-refractivity contribution in [2.24, 2.45) is 0 Å². The molecule has 0 aliphatic rings. The Bertz CT molecular complexity index is 720. The molecule has 2 heterocycles. The molecule has 0 bridgehead atoms. The summed E-state index contributed by atoms with van der Waals surface area (Å²) in [7, 11) is 0. The molecule has 0 unspecified atom stereocenters. The third-order valence-corrected chi connectivity index (χ3v) is 3.17. The normalized spacial score (nSPS) is 10.8. The Kier molecular flexibility index (Phi) is 3.69. The van der Waals surface area contributed by atoms with Gasteiger partial charge >= 0.3 is 0 Å². The summed E-state index contributed by atoms with van der Waals surface area (Å²) in [5.41, 5.74) is 0.975. The predicted octanol–water partition coefficient (Wildman–Crippen LogP) is 4.18. The highest BCUT2D eigenvalue weighted by molar-refractivity contribution is 5.49. The number of imidazole rings is 1. The van der Waals surface area contributed by atoms with Gasteiger partial charge in [-0.15, -0.1) is 0 Å². The second-order valence-electron chi connectivity index (χ2n) is 5.07. The molecule has 0 amide bonds. The molecule has 0 saturated heterocycles. The van der Waals surface area contributed by atoms with Gasteiger partial charge in [0.1, 0.15) is 11.6 Å². The van der Waals surface area contributed by atoms with E-state index in [0.717, 1.165) is 23.0 Å². The lowest BCUT2D eigenvalue weighted by Gasteiger charge is -2.15. The molecule has 4 nitrogen and oxygen atoms in total. The fraction of sp³-hybridized carbons (Fsp3) is 0.176. The Balaban J connectivity index is 2.02. The molecule has 0 radical (unpaired) electrons. The molecule has 0 aliphatic carbocycles. The van der Waals surface area contributed by atoms with E-state index in [9.17, 15) is 0 Å². The van der Waals surface area contributed by atoms with E-state index in [1.54, 1.807) is 12.4 Å². The first kappa shape index (κ1) is 13.4. The summed E-state index contributed by atoms with van der Waals surface area (Å²) in [6, 6.07) is 11.7. The zero-order chi connectivity index (χ0) is 14.7. The van der Waals surface area contributed by atoms with E-state index in [1.165, 1.54) is 0 Å². The van der Waals surface area contributed by atoms with Crippen LogP contribution in [0.2, 0.25) is 0 Å². The molecule has 0 saturated carbocycles. The average Bonchev–Trinajstić information content (AvgIpc) is 2.98. The summed E-state index contributed by atoms with van der Waals surface area (Å²) >= 11 is 0. The molecule has 2 aromatic heterocycles. The molecular formula is C17H17N3O. The van der Waals surface area contributed by atoms with Crippen molar-refractivity contribution < 1.29 is 4.74 Å². The number of para-hydroxylation sites is 2. The van der Waals surface area contributed by atoms with Crippen LogP contribution in [-0.2, 0) is 0 Å². The first-order chi connectivity index (χ1) is 10.3. The van der Waals surface area contributed by atoms with Gasteiger partial charge in [-0.05, 0) is 24.3 Å². The van der Waals surface area contributed by atoms with Gasteiger partial charge in [0, 0.05) is 24.5 Å². The van der Waals surface area contributed by atoms with Gasteiger partial charge in [-0.2, -0.15) is 0 Å². The topological polar surface area (TPSA) is 39.9 Å². The monoisotopic (exact) mass is 279 g/mol. The number of hydrogen-bond acceptors (Lipinski definition) is 3. The van der Waals surface area contributed by atoms with Crippen LogP contribution >= 0.6 is 0 Å².